The van der Waals surface area contributed by atoms with Crippen LogP contribution < -0.4 is 4.31 Å². The summed E-state index contributed by atoms with van der Waals surface area (Å²) in [6, 6.07) is 6.85. The van der Waals surface area contributed by atoms with Crippen molar-refractivity contribution in [2.75, 3.05) is 11.4 Å². The second-order valence-corrected chi connectivity index (χ2v) is 5.99. The van der Waals surface area contributed by atoms with Gasteiger partial charge >= 0.3 is 0 Å². The molecular formula is C11H11N3O3S. The van der Waals surface area contributed by atoms with Crippen LogP contribution >= 0.6 is 0 Å². The largest absolute Gasteiger partial charge is 0.383 e. The number of aromatic nitrogens is 2. The van der Waals surface area contributed by atoms with E-state index < -0.39 is 16.1 Å². The van der Waals surface area contributed by atoms with Gasteiger partial charge in [-0.05, 0) is 6.07 Å². The topological polar surface area (TPSA) is 86.3 Å². The lowest BCUT2D eigenvalue weighted by Gasteiger charge is -2.19. The molecule has 6 nitrogen and oxygen atoms in total. The van der Waals surface area contributed by atoms with Gasteiger partial charge < -0.3 is 5.11 Å². The number of aromatic amines is 1. The molecule has 0 saturated carbocycles. The lowest BCUT2D eigenvalue weighted by molar-refractivity contribution is 0.218. The second kappa shape index (κ2) is 3.56. The van der Waals surface area contributed by atoms with Crippen LogP contribution in [0.1, 0.15) is 17.2 Å². The van der Waals surface area contributed by atoms with E-state index in [1.807, 2.05) is 0 Å². The molecule has 2 N–H and O–H groups in total. The first kappa shape index (κ1) is 11.2. The minimum absolute atomic E-state index is 0.0614. The number of aliphatic hydroxyl groups is 1. The number of hydrogen-bond acceptors (Lipinski definition) is 4. The van der Waals surface area contributed by atoms with Crippen LogP contribution in [0, 0.1) is 0 Å². The molecule has 1 unspecified atom stereocenters. The molecule has 0 amide bonds. The van der Waals surface area contributed by atoms with E-state index in [-0.39, 0.29) is 10.6 Å². The van der Waals surface area contributed by atoms with Gasteiger partial charge in [0, 0.05) is 18.2 Å². The molecule has 94 valence electrons. The number of benzene rings is 1. The number of nitrogens with one attached hydrogen (secondary N) is 1. The van der Waals surface area contributed by atoms with Gasteiger partial charge in [-0.2, -0.15) is 13.5 Å². The van der Waals surface area contributed by atoms with E-state index in [2.05, 4.69) is 10.2 Å². The van der Waals surface area contributed by atoms with Crippen molar-refractivity contribution in [3.05, 3.63) is 41.6 Å². The van der Waals surface area contributed by atoms with Gasteiger partial charge in [-0.3, -0.25) is 9.40 Å². The standard InChI is InChI=1S/C11H11N3O3S/c1-14-9-5-3-2-4-7(9)10(15)8-6-12-13-11(8)18(14,16)17/h2-6,10,15H,1H3,(H,12,13). The number of H-pyrrole nitrogens is 1. The van der Waals surface area contributed by atoms with Crippen molar-refractivity contribution in [1.29, 1.82) is 0 Å². The predicted octanol–water partition coefficient (Wildman–Crippen LogP) is 0.630. The number of hydrogen-bond donors (Lipinski definition) is 2. The Morgan fingerprint density at radius 3 is 2.83 bits per heavy atom. The normalized spacial score (nSPS) is 21.0. The summed E-state index contributed by atoms with van der Waals surface area (Å²) < 4.78 is 25.8. The number of aliphatic hydroxyl groups excluding tert-OH is 1. The van der Waals surface area contributed by atoms with Crippen molar-refractivity contribution < 1.29 is 13.5 Å². The van der Waals surface area contributed by atoms with E-state index in [9.17, 15) is 13.5 Å². The van der Waals surface area contributed by atoms with Gasteiger partial charge in [0.15, 0.2) is 5.03 Å². The Hall–Kier alpha value is -1.86. The molecule has 2 aromatic rings. The van der Waals surface area contributed by atoms with Crippen molar-refractivity contribution >= 4 is 15.7 Å². The first-order valence-electron chi connectivity index (χ1n) is 5.32. The summed E-state index contributed by atoms with van der Waals surface area (Å²) in [5, 5.41) is 16.4. The summed E-state index contributed by atoms with van der Waals surface area (Å²) in [4.78, 5) is 0. The average Bonchev–Trinajstić information content (AvgIpc) is 2.84. The first-order chi connectivity index (χ1) is 8.53. The number of rotatable bonds is 0. The maximum absolute atomic E-state index is 12.3. The Bertz CT molecular complexity index is 708. The van der Waals surface area contributed by atoms with Crippen molar-refractivity contribution in [2.45, 2.75) is 11.1 Å². The van der Waals surface area contributed by atoms with Crippen molar-refractivity contribution in [3.63, 3.8) is 0 Å². The summed E-state index contributed by atoms with van der Waals surface area (Å²) in [5.41, 5.74) is 1.28. The number of fused-ring (bicyclic) bond motifs is 2. The molecule has 1 aliphatic heterocycles. The minimum atomic E-state index is -3.70. The third kappa shape index (κ3) is 1.31. The molecular weight excluding hydrogens is 254 g/mol. The van der Waals surface area contributed by atoms with Crippen molar-refractivity contribution in [1.82, 2.24) is 10.2 Å². The lowest BCUT2D eigenvalue weighted by Crippen LogP contribution is -2.26. The minimum Gasteiger partial charge on any atom is -0.383 e. The molecule has 1 aromatic heterocycles. The molecule has 0 fully saturated rings. The van der Waals surface area contributed by atoms with E-state index in [4.69, 9.17) is 0 Å². The van der Waals surface area contributed by atoms with Crippen LogP contribution in [0.25, 0.3) is 0 Å². The second-order valence-electron chi connectivity index (χ2n) is 4.09. The summed E-state index contributed by atoms with van der Waals surface area (Å²) in [6.45, 7) is 0. The van der Waals surface area contributed by atoms with Crippen LogP contribution in [-0.2, 0) is 10.0 Å². The van der Waals surface area contributed by atoms with Crippen molar-refractivity contribution in [3.8, 4) is 0 Å². The van der Waals surface area contributed by atoms with Crippen LogP contribution in [0.2, 0.25) is 0 Å². The zero-order chi connectivity index (χ0) is 12.9. The number of nitrogens with zero attached hydrogens (tertiary/aromatic N) is 2. The van der Waals surface area contributed by atoms with Crippen LogP contribution in [0.15, 0.2) is 35.5 Å². The highest BCUT2D eigenvalue weighted by atomic mass is 32.2. The average molecular weight is 265 g/mol. The summed E-state index contributed by atoms with van der Waals surface area (Å²) >= 11 is 0. The fourth-order valence-corrected chi connectivity index (χ4v) is 3.45. The molecule has 2 heterocycles. The molecule has 0 radical (unpaired) electrons. The number of para-hydroxylation sites is 1. The van der Waals surface area contributed by atoms with Gasteiger partial charge in [-0.1, -0.05) is 18.2 Å². The van der Waals surface area contributed by atoms with Gasteiger partial charge in [0.05, 0.1) is 11.9 Å². The van der Waals surface area contributed by atoms with E-state index in [1.165, 1.54) is 13.2 Å². The molecule has 1 aliphatic rings. The van der Waals surface area contributed by atoms with E-state index in [0.717, 1.165) is 4.31 Å². The molecule has 3 rings (SSSR count). The zero-order valence-corrected chi connectivity index (χ0v) is 10.3. The smallest absolute Gasteiger partial charge is 0.281 e. The third-order valence-electron chi connectivity index (χ3n) is 3.12. The van der Waals surface area contributed by atoms with Gasteiger partial charge in [0.1, 0.15) is 6.10 Å². The summed E-state index contributed by atoms with van der Waals surface area (Å²) in [7, 11) is -2.25. The Morgan fingerprint density at radius 2 is 2.06 bits per heavy atom. The Labute approximate surface area is 104 Å². The van der Waals surface area contributed by atoms with Gasteiger partial charge in [0.25, 0.3) is 10.0 Å². The fraction of sp³-hybridized carbons (Fsp3) is 0.182. The van der Waals surface area contributed by atoms with Crippen molar-refractivity contribution in [2.24, 2.45) is 0 Å². The van der Waals surface area contributed by atoms with E-state index in [0.29, 0.717) is 11.3 Å². The molecule has 1 atom stereocenters. The molecule has 0 aliphatic carbocycles. The van der Waals surface area contributed by atoms with Crippen LogP contribution in [0.4, 0.5) is 5.69 Å². The predicted molar refractivity (Wildman–Crippen MR) is 64.7 cm³/mol. The lowest BCUT2D eigenvalue weighted by atomic mass is 10.0. The highest BCUT2D eigenvalue weighted by molar-refractivity contribution is 7.92. The van der Waals surface area contributed by atoms with E-state index in [1.54, 1.807) is 24.3 Å². The SMILES string of the molecule is CN1c2ccccc2C(O)c2cn[nH]c2S1(=O)=O. The monoisotopic (exact) mass is 265 g/mol. The Kier molecular flexibility index (Phi) is 2.23. The molecule has 7 heteroatoms. The maximum Gasteiger partial charge on any atom is 0.281 e. The Morgan fingerprint density at radius 1 is 1.33 bits per heavy atom. The van der Waals surface area contributed by atoms with E-state index >= 15 is 0 Å². The molecule has 18 heavy (non-hydrogen) atoms. The van der Waals surface area contributed by atoms with Crippen LogP contribution in [-0.4, -0.2) is 30.8 Å². The zero-order valence-electron chi connectivity index (χ0n) is 9.53. The van der Waals surface area contributed by atoms with Gasteiger partial charge in [-0.15, -0.1) is 0 Å². The summed E-state index contributed by atoms with van der Waals surface area (Å²) in [6.07, 6.45) is 0.336. The Balaban J connectivity index is 2.40. The van der Waals surface area contributed by atoms with Gasteiger partial charge in [0.2, 0.25) is 0 Å². The molecule has 1 aromatic carbocycles. The number of anilines is 1. The highest BCUT2D eigenvalue weighted by Gasteiger charge is 2.35. The fourth-order valence-electron chi connectivity index (χ4n) is 2.12. The molecule has 0 bridgehead atoms. The summed E-state index contributed by atoms with van der Waals surface area (Å²) in [5.74, 6) is 0. The molecule has 0 saturated heterocycles. The van der Waals surface area contributed by atoms with Gasteiger partial charge in [-0.25, -0.2) is 0 Å². The highest BCUT2D eigenvalue weighted by Crippen LogP contribution is 2.38. The third-order valence-corrected chi connectivity index (χ3v) is 4.88. The number of sulfonamides is 1. The first-order valence-corrected chi connectivity index (χ1v) is 6.76. The molecule has 0 spiro atoms. The maximum atomic E-state index is 12.3. The quantitative estimate of drug-likeness (QED) is 0.731. The van der Waals surface area contributed by atoms with Crippen LogP contribution in [0.5, 0.6) is 0 Å². The van der Waals surface area contributed by atoms with Crippen LogP contribution in [0.3, 0.4) is 0 Å².